The Bertz CT molecular complexity index is 745. The minimum absolute atomic E-state index is 0.0340. The van der Waals surface area contributed by atoms with Gasteiger partial charge < -0.3 is 15.2 Å². The molecule has 3 N–H and O–H groups in total. The van der Waals surface area contributed by atoms with Crippen molar-refractivity contribution in [2.24, 2.45) is 0 Å². The molecular weight excluding hydrogens is 321 g/mol. The van der Waals surface area contributed by atoms with Crippen LogP contribution in [-0.4, -0.2) is 49.4 Å². The summed E-state index contributed by atoms with van der Waals surface area (Å²) in [6.45, 7) is 1.44. The lowest BCUT2D eigenvalue weighted by Gasteiger charge is -2.16. The third-order valence-electron chi connectivity index (χ3n) is 3.50. The van der Waals surface area contributed by atoms with Gasteiger partial charge >= 0.3 is 0 Å². The Morgan fingerprint density at radius 3 is 2.96 bits per heavy atom. The van der Waals surface area contributed by atoms with E-state index in [1.165, 1.54) is 0 Å². The second-order valence-corrected chi connectivity index (χ2v) is 5.68. The van der Waals surface area contributed by atoms with Gasteiger partial charge in [-0.15, -0.1) is 0 Å². The molecule has 2 heterocycles. The van der Waals surface area contributed by atoms with E-state index in [1.54, 1.807) is 33.5 Å². The molecular formula is C14H14FN5O2S. The Hall–Kier alpha value is -2.23. The SMILES string of the molecule is Nc1ncc(F)c(-c2cccc(C(=O)N3CCN(SO)C3)c2)n1. The molecule has 1 aromatic carbocycles. The number of carbonyl (C=O) groups excluding carboxylic acids is 1. The van der Waals surface area contributed by atoms with E-state index in [1.807, 2.05) is 0 Å². The van der Waals surface area contributed by atoms with Crippen molar-refractivity contribution in [1.29, 1.82) is 0 Å². The number of hydrogen-bond donors (Lipinski definition) is 2. The highest BCUT2D eigenvalue weighted by atomic mass is 32.2. The average molecular weight is 335 g/mol. The first kappa shape index (κ1) is 15.7. The van der Waals surface area contributed by atoms with E-state index in [0.717, 1.165) is 6.20 Å². The van der Waals surface area contributed by atoms with Gasteiger partial charge in [-0.1, -0.05) is 12.1 Å². The summed E-state index contributed by atoms with van der Waals surface area (Å²) >= 11 is 0.611. The van der Waals surface area contributed by atoms with Gasteiger partial charge in [0.25, 0.3) is 5.91 Å². The standard InChI is InChI=1S/C14H14FN5O2S/c15-11-7-17-14(16)18-12(11)9-2-1-3-10(6-9)13(21)19-4-5-20(8-19)23-22/h1-3,6-7,22H,4-5,8H2,(H2,16,17,18). The zero-order valence-corrected chi connectivity index (χ0v) is 12.8. The molecule has 1 aliphatic heterocycles. The van der Waals surface area contributed by atoms with Crippen molar-refractivity contribution in [1.82, 2.24) is 19.2 Å². The second-order valence-electron chi connectivity index (χ2n) is 5.00. The molecule has 120 valence electrons. The average Bonchev–Trinajstić information content (AvgIpc) is 3.05. The Balaban J connectivity index is 1.88. The molecule has 1 aromatic heterocycles. The zero-order valence-electron chi connectivity index (χ0n) is 12.0. The number of carbonyl (C=O) groups is 1. The first-order chi connectivity index (χ1) is 11.1. The molecule has 0 saturated carbocycles. The van der Waals surface area contributed by atoms with Crippen LogP contribution in [-0.2, 0) is 0 Å². The molecule has 23 heavy (non-hydrogen) atoms. The van der Waals surface area contributed by atoms with Gasteiger partial charge in [0.05, 0.1) is 25.1 Å². The lowest BCUT2D eigenvalue weighted by molar-refractivity contribution is 0.0782. The number of amides is 1. The van der Waals surface area contributed by atoms with E-state index >= 15 is 0 Å². The summed E-state index contributed by atoms with van der Waals surface area (Å²) in [6, 6.07) is 6.54. The predicted octanol–water partition coefficient (Wildman–Crippen LogP) is 1.70. The summed E-state index contributed by atoms with van der Waals surface area (Å²) in [5.41, 5.74) is 6.43. The molecule has 0 aliphatic carbocycles. The van der Waals surface area contributed by atoms with Gasteiger partial charge in [-0.05, 0) is 12.1 Å². The van der Waals surface area contributed by atoms with Crippen LogP contribution < -0.4 is 5.73 Å². The van der Waals surface area contributed by atoms with E-state index in [2.05, 4.69) is 9.97 Å². The second kappa shape index (κ2) is 6.49. The van der Waals surface area contributed by atoms with Crippen molar-refractivity contribution in [3.05, 3.63) is 41.8 Å². The molecule has 0 radical (unpaired) electrons. The zero-order chi connectivity index (χ0) is 16.4. The van der Waals surface area contributed by atoms with Gasteiger partial charge in [-0.2, -0.15) is 0 Å². The molecule has 9 heteroatoms. The lowest BCUT2D eigenvalue weighted by Crippen LogP contribution is -2.29. The molecule has 3 rings (SSSR count). The number of hydrogen-bond acceptors (Lipinski definition) is 7. The van der Waals surface area contributed by atoms with Crippen LogP contribution in [0.5, 0.6) is 0 Å². The van der Waals surface area contributed by atoms with E-state index in [-0.39, 0.29) is 17.5 Å². The number of nitrogens with two attached hydrogens (primary N) is 1. The highest BCUT2D eigenvalue weighted by Gasteiger charge is 2.25. The van der Waals surface area contributed by atoms with Gasteiger partial charge in [0.15, 0.2) is 5.82 Å². The maximum absolute atomic E-state index is 13.9. The minimum atomic E-state index is -0.604. The van der Waals surface area contributed by atoms with Crippen LogP contribution in [0.3, 0.4) is 0 Å². The number of anilines is 1. The summed E-state index contributed by atoms with van der Waals surface area (Å²) in [4.78, 5) is 21.6. The fourth-order valence-corrected chi connectivity index (χ4v) is 2.72. The molecule has 0 spiro atoms. The first-order valence-electron chi connectivity index (χ1n) is 6.82. The summed E-state index contributed by atoms with van der Waals surface area (Å²) in [6.07, 6.45) is 1.00. The summed E-state index contributed by atoms with van der Waals surface area (Å²) in [7, 11) is 0. The van der Waals surface area contributed by atoms with Gasteiger partial charge in [-0.3, -0.25) is 4.79 Å². The van der Waals surface area contributed by atoms with Crippen molar-refractivity contribution < 1.29 is 13.7 Å². The molecule has 1 amide bonds. The fourth-order valence-electron chi connectivity index (χ4n) is 2.36. The van der Waals surface area contributed by atoms with Crippen LogP contribution in [0.2, 0.25) is 0 Å². The number of aromatic nitrogens is 2. The lowest BCUT2D eigenvalue weighted by atomic mass is 10.1. The Kier molecular flexibility index (Phi) is 4.42. The van der Waals surface area contributed by atoms with Crippen LogP contribution in [0.25, 0.3) is 11.3 Å². The van der Waals surface area contributed by atoms with Crippen molar-refractivity contribution in [2.45, 2.75) is 0 Å². The van der Waals surface area contributed by atoms with Gasteiger partial charge in [0.1, 0.15) is 5.69 Å². The van der Waals surface area contributed by atoms with Crippen LogP contribution in [0.1, 0.15) is 10.4 Å². The number of rotatable bonds is 3. The van der Waals surface area contributed by atoms with Crippen molar-refractivity contribution in [2.75, 3.05) is 25.5 Å². The fraction of sp³-hybridized carbons (Fsp3) is 0.214. The molecule has 2 aromatic rings. The number of nitrogen functional groups attached to an aromatic ring is 1. The van der Waals surface area contributed by atoms with E-state index in [4.69, 9.17) is 10.3 Å². The maximum atomic E-state index is 13.9. The predicted molar refractivity (Wildman–Crippen MR) is 84.7 cm³/mol. The molecule has 0 atom stereocenters. The summed E-state index contributed by atoms with van der Waals surface area (Å²) in [5.74, 6) is -0.827. The number of benzene rings is 1. The summed E-state index contributed by atoms with van der Waals surface area (Å²) in [5, 5.41) is 0. The smallest absolute Gasteiger partial charge is 0.254 e. The summed E-state index contributed by atoms with van der Waals surface area (Å²) < 4.78 is 24.6. The van der Waals surface area contributed by atoms with Gasteiger partial charge in [0.2, 0.25) is 5.95 Å². The van der Waals surface area contributed by atoms with E-state index in [9.17, 15) is 9.18 Å². The molecule has 1 fully saturated rings. The minimum Gasteiger partial charge on any atom is -0.368 e. The molecule has 0 unspecified atom stereocenters. The first-order valence-corrected chi connectivity index (χ1v) is 7.55. The van der Waals surface area contributed by atoms with Crippen LogP contribution in [0.4, 0.5) is 10.3 Å². The Morgan fingerprint density at radius 1 is 1.39 bits per heavy atom. The third-order valence-corrected chi connectivity index (χ3v) is 4.03. The van der Waals surface area contributed by atoms with Crippen LogP contribution in [0, 0.1) is 5.82 Å². The maximum Gasteiger partial charge on any atom is 0.254 e. The van der Waals surface area contributed by atoms with Crippen LogP contribution >= 0.6 is 12.2 Å². The Morgan fingerprint density at radius 2 is 2.22 bits per heavy atom. The highest BCUT2D eigenvalue weighted by Crippen LogP contribution is 2.23. The quantitative estimate of drug-likeness (QED) is 0.651. The molecule has 1 aliphatic rings. The molecule has 1 saturated heterocycles. The van der Waals surface area contributed by atoms with Crippen molar-refractivity contribution in [3.8, 4) is 11.3 Å². The Labute approximate surface area is 136 Å². The van der Waals surface area contributed by atoms with Gasteiger partial charge in [-0.25, -0.2) is 18.7 Å². The number of halogens is 1. The van der Waals surface area contributed by atoms with Crippen LogP contribution in [0.15, 0.2) is 30.5 Å². The monoisotopic (exact) mass is 335 g/mol. The van der Waals surface area contributed by atoms with E-state index in [0.29, 0.717) is 43.1 Å². The third kappa shape index (κ3) is 3.26. The van der Waals surface area contributed by atoms with Crippen molar-refractivity contribution in [3.63, 3.8) is 0 Å². The largest absolute Gasteiger partial charge is 0.368 e. The number of nitrogens with zero attached hydrogens (tertiary/aromatic N) is 4. The van der Waals surface area contributed by atoms with Crippen molar-refractivity contribution >= 4 is 24.1 Å². The molecule has 7 nitrogen and oxygen atoms in total. The normalized spacial score (nSPS) is 15.1. The topological polar surface area (TPSA) is 95.6 Å². The van der Waals surface area contributed by atoms with E-state index < -0.39 is 5.82 Å². The van der Waals surface area contributed by atoms with Gasteiger partial charge in [0, 0.05) is 24.2 Å². The highest BCUT2D eigenvalue weighted by molar-refractivity contribution is 7.91. The molecule has 0 bridgehead atoms.